The van der Waals surface area contributed by atoms with Gasteiger partial charge in [-0.2, -0.15) is 0 Å². The largest absolute Gasteiger partial charge is 0.339 e. The normalized spacial score (nSPS) is 31.5. The lowest BCUT2D eigenvalue weighted by Crippen LogP contribution is -2.48. The lowest BCUT2D eigenvalue weighted by Gasteiger charge is -2.38. The van der Waals surface area contributed by atoms with Crippen LogP contribution in [0.15, 0.2) is 0 Å². The van der Waals surface area contributed by atoms with Crippen molar-refractivity contribution in [1.82, 2.24) is 4.90 Å². The first kappa shape index (κ1) is 11.0. The fourth-order valence-corrected chi connectivity index (χ4v) is 2.14. The van der Waals surface area contributed by atoms with Gasteiger partial charge in [-0.05, 0) is 32.6 Å². The lowest BCUT2D eigenvalue weighted by molar-refractivity contribution is -0.134. The zero-order valence-corrected chi connectivity index (χ0v) is 10.2. The van der Waals surface area contributed by atoms with Crippen LogP contribution in [0.5, 0.6) is 0 Å². The van der Waals surface area contributed by atoms with Gasteiger partial charge in [-0.15, -0.1) is 0 Å². The van der Waals surface area contributed by atoms with Gasteiger partial charge in [0.05, 0.1) is 4.83 Å². The molecule has 0 aliphatic carbocycles. The van der Waals surface area contributed by atoms with Crippen molar-refractivity contribution in [1.29, 1.82) is 0 Å². The number of nitrogens with zero attached hydrogens (tertiary/aromatic N) is 1. The summed E-state index contributed by atoms with van der Waals surface area (Å²) in [4.78, 5) is 13.7. The number of likely N-dealkylation sites (tertiary alicyclic amines) is 1. The fraction of sp³-hybridized carbons (Fsp3) is 0.900. The summed E-state index contributed by atoms with van der Waals surface area (Å²) in [5.74, 6) is 0.878. The molecule has 13 heavy (non-hydrogen) atoms. The van der Waals surface area contributed by atoms with Crippen LogP contribution in [-0.4, -0.2) is 28.2 Å². The van der Waals surface area contributed by atoms with Crippen molar-refractivity contribution in [3.05, 3.63) is 0 Å². The van der Waals surface area contributed by atoms with E-state index in [4.69, 9.17) is 0 Å². The average molecular weight is 248 g/mol. The first-order chi connectivity index (χ1) is 6.04. The van der Waals surface area contributed by atoms with Crippen LogP contribution in [0.25, 0.3) is 0 Å². The first-order valence-corrected chi connectivity index (χ1v) is 5.90. The van der Waals surface area contributed by atoms with Gasteiger partial charge in [0.15, 0.2) is 0 Å². The Bertz CT molecular complexity index is 193. The van der Waals surface area contributed by atoms with E-state index in [0.717, 1.165) is 13.0 Å². The van der Waals surface area contributed by atoms with Crippen molar-refractivity contribution in [2.75, 3.05) is 6.54 Å². The summed E-state index contributed by atoms with van der Waals surface area (Å²) in [5.41, 5.74) is 0. The summed E-state index contributed by atoms with van der Waals surface area (Å²) < 4.78 is 0. The highest BCUT2D eigenvalue weighted by molar-refractivity contribution is 9.10. The van der Waals surface area contributed by atoms with E-state index in [2.05, 4.69) is 29.8 Å². The van der Waals surface area contributed by atoms with E-state index in [9.17, 15) is 4.79 Å². The standard InChI is InChI=1S/C10H18BrNO/c1-7-5-4-6-12(9(7)3)10(13)8(2)11/h7-9H,4-6H2,1-3H3. The zero-order chi connectivity index (χ0) is 10.0. The van der Waals surface area contributed by atoms with Crippen molar-refractivity contribution in [2.24, 2.45) is 5.92 Å². The van der Waals surface area contributed by atoms with E-state index in [1.165, 1.54) is 6.42 Å². The number of carbonyl (C=O) groups is 1. The molecule has 3 heteroatoms. The first-order valence-electron chi connectivity index (χ1n) is 4.98. The molecule has 0 saturated carbocycles. The van der Waals surface area contributed by atoms with E-state index in [1.807, 2.05) is 11.8 Å². The van der Waals surface area contributed by atoms with Gasteiger partial charge in [-0.25, -0.2) is 0 Å². The summed E-state index contributed by atoms with van der Waals surface area (Å²) in [6.45, 7) is 7.20. The highest BCUT2D eigenvalue weighted by atomic mass is 79.9. The van der Waals surface area contributed by atoms with Crippen LogP contribution in [0.1, 0.15) is 33.6 Å². The second-order valence-corrected chi connectivity index (χ2v) is 5.38. The third-order valence-electron chi connectivity index (χ3n) is 3.00. The second kappa shape index (κ2) is 4.45. The van der Waals surface area contributed by atoms with Gasteiger partial charge >= 0.3 is 0 Å². The molecule has 2 nitrogen and oxygen atoms in total. The molecule has 1 rings (SSSR count). The summed E-state index contributed by atoms with van der Waals surface area (Å²) in [6, 6.07) is 0.404. The Morgan fingerprint density at radius 3 is 2.69 bits per heavy atom. The summed E-state index contributed by atoms with van der Waals surface area (Å²) in [7, 11) is 0. The Kier molecular flexibility index (Phi) is 3.77. The third kappa shape index (κ3) is 2.46. The second-order valence-electron chi connectivity index (χ2n) is 4.01. The Hall–Kier alpha value is -0.0500. The molecule has 1 fully saturated rings. The van der Waals surface area contributed by atoms with E-state index in [-0.39, 0.29) is 10.7 Å². The number of piperidine rings is 1. The number of amides is 1. The molecule has 1 aliphatic heterocycles. The minimum absolute atomic E-state index is 0.0414. The maximum Gasteiger partial charge on any atom is 0.236 e. The van der Waals surface area contributed by atoms with Gasteiger partial charge in [0, 0.05) is 12.6 Å². The van der Waals surface area contributed by atoms with E-state index in [0.29, 0.717) is 12.0 Å². The molecule has 0 N–H and O–H groups in total. The monoisotopic (exact) mass is 247 g/mol. The average Bonchev–Trinajstić information content (AvgIpc) is 2.08. The molecule has 3 atom stereocenters. The Morgan fingerprint density at radius 1 is 1.54 bits per heavy atom. The van der Waals surface area contributed by atoms with Gasteiger partial charge in [0.2, 0.25) is 5.91 Å². The lowest BCUT2D eigenvalue weighted by atomic mass is 9.92. The molecule has 0 radical (unpaired) electrons. The third-order valence-corrected chi connectivity index (χ3v) is 3.39. The molecule has 76 valence electrons. The van der Waals surface area contributed by atoms with Crippen LogP contribution in [0.2, 0.25) is 0 Å². The van der Waals surface area contributed by atoms with Crippen molar-refractivity contribution in [3.8, 4) is 0 Å². The van der Waals surface area contributed by atoms with Crippen molar-refractivity contribution >= 4 is 21.8 Å². The molecule has 1 heterocycles. The number of alkyl halides is 1. The Morgan fingerprint density at radius 2 is 2.15 bits per heavy atom. The summed E-state index contributed by atoms with van der Waals surface area (Å²) >= 11 is 3.33. The minimum atomic E-state index is -0.0414. The van der Waals surface area contributed by atoms with Crippen LogP contribution in [0.3, 0.4) is 0 Å². The van der Waals surface area contributed by atoms with Gasteiger partial charge in [-0.3, -0.25) is 4.79 Å². The van der Waals surface area contributed by atoms with Crippen molar-refractivity contribution in [3.63, 3.8) is 0 Å². The van der Waals surface area contributed by atoms with Gasteiger partial charge in [0.25, 0.3) is 0 Å². The molecule has 3 unspecified atom stereocenters. The summed E-state index contributed by atoms with van der Waals surface area (Å²) in [6.07, 6.45) is 2.40. The molecule has 0 aromatic heterocycles. The quantitative estimate of drug-likeness (QED) is 0.652. The smallest absolute Gasteiger partial charge is 0.236 e. The Labute approximate surface area is 88.8 Å². The molecule has 0 aromatic rings. The minimum Gasteiger partial charge on any atom is -0.339 e. The maximum absolute atomic E-state index is 11.7. The maximum atomic E-state index is 11.7. The van der Waals surface area contributed by atoms with Gasteiger partial charge in [0.1, 0.15) is 0 Å². The fourth-order valence-electron chi connectivity index (χ4n) is 1.88. The number of rotatable bonds is 1. The number of carbonyl (C=O) groups excluding carboxylic acids is 1. The van der Waals surface area contributed by atoms with E-state index in [1.54, 1.807) is 0 Å². The van der Waals surface area contributed by atoms with Crippen LogP contribution in [0, 0.1) is 5.92 Å². The van der Waals surface area contributed by atoms with E-state index < -0.39 is 0 Å². The molecule has 1 aliphatic rings. The van der Waals surface area contributed by atoms with E-state index >= 15 is 0 Å². The predicted molar refractivity (Wildman–Crippen MR) is 58.0 cm³/mol. The summed E-state index contributed by atoms with van der Waals surface area (Å²) in [5, 5.41) is 0. The SMILES string of the molecule is CC(Br)C(=O)N1CCCC(C)C1C. The Balaban J connectivity index is 2.62. The van der Waals surface area contributed by atoms with Gasteiger partial charge < -0.3 is 4.90 Å². The highest BCUT2D eigenvalue weighted by Crippen LogP contribution is 2.24. The number of hydrogen-bond donors (Lipinski definition) is 0. The molecule has 1 saturated heterocycles. The molecule has 0 spiro atoms. The number of halogens is 1. The molecule has 0 bridgehead atoms. The van der Waals surface area contributed by atoms with Crippen LogP contribution in [0.4, 0.5) is 0 Å². The number of hydrogen-bond acceptors (Lipinski definition) is 1. The van der Waals surface area contributed by atoms with Gasteiger partial charge in [-0.1, -0.05) is 22.9 Å². The van der Waals surface area contributed by atoms with Crippen LogP contribution in [-0.2, 0) is 4.79 Å². The molecule has 0 aromatic carbocycles. The highest BCUT2D eigenvalue weighted by Gasteiger charge is 2.29. The zero-order valence-electron chi connectivity index (χ0n) is 8.59. The molecular weight excluding hydrogens is 230 g/mol. The molecule has 1 amide bonds. The molecular formula is C10H18BrNO. The van der Waals surface area contributed by atoms with Crippen molar-refractivity contribution < 1.29 is 4.79 Å². The van der Waals surface area contributed by atoms with Crippen LogP contribution >= 0.6 is 15.9 Å². The van der Waals surface area contributed by atoms with Crippen molar-refractivity contribution in [2.45, 2.75) is 44.5 Å². The predicted octanol–water partition coefficient (Wildman–Crippen LogP) is 2.42. The van der Waals surface area contributed by atoms with Crippen LogP contribution < -0.4 is 0 Å². The topological polar surface area (TPSA) is 20.3 Å².